The fraction of sp³-hybridized carbons (Fsp3) is 0.800. The van der Waals surface area contributed by atoms with Gasteiger partial charge in [-0.2, -0.15) is 0 Å². The SMILES string of the molecule is CC1=CC(CC(C)C)OCC1. The Kier molecular flexibility index (Phi) is 3.13. The van der Waals surface area contributed by atoms with E-state index in [0.717, 1.165) is 25.4 Å². The minimum absolute atomic E-state index is 0.392. The van der Waals surface area contributed by atoms with Crippen LogP contribution < -0.4 is 0 Å². The van der Waals surface area contributed by atoms with Gasteiger partial charge in [-0.15, -0.1) is 0 Å². The molecule has 1 unspecified atom stereocenters. The van der Waals surface area contributed by atoms with Gasteiger partial charge in [-0.05, 0) is 25.7 Å². The summed E-state index contributed by atoms with van der Waals surface area (Å²) in [5, 5.41) is 0. The molecule has 1 heterocycles. The van der Waals surface area contributed by atoms with Crippen LogP contribution in [0.1, 0.15) is 33.6 Å². The van der Waals surface area contributed by atoms with Crippen molar-refractivity contribution in [2.45, 2.75) is 39.7 Å². The summed E-state index contributed by atoms with van der Waals surface area (Å²) >= 11 is 0. The standard InChI is InChI=1S/C10H18O/c1-8(2)6-10-7-9(3)4-5-11-10/h7-8,10H,4-6H2,1-3H3. The zero-order chi connectivity index (χ0) is 8.27. The molecule has 0 aromatic carbocycles. The Morgan fingerprint density at radius 3 is 2.91 bits per heavy atom. The molecule has 0 aliphatic carbocycles. The molecule has 1 aliphatic heterocycles. The molecule has 1 nitrogen and oxygen atoms in total. The second-order valence-electron chi connectivity index (χ2n) is 3.80. The molecule has 0 fully saturated rings. The summed E-state index contributed by atoms with van der Waals surface area (Å²) in [5.74, 6) is 0.738. The second kappa shape index (κ2) is 3.91. The molecular formula is C10H18O. The average Bonchev–Trinajstić information content (AvgIpc) is 1.85. The minimum atomic E-state index is 0.392. The lowest BCUT2D eigenvalue weighted by atomic mass is 10.0. The van der Waals surface area contributed by atoms with Crippen molar-refractivity contribution >= 4 is 0 Å². The van der Waals surface area contributed by atoms with Crippen LogP contribution >= 0.6 is 0 Å². The van der Waals surface area contributed by atoms with Crippen molar-refractivity contribution < 1.29 is 4.74 Å². The summed E-state index contributed by atoms with van der Waals surface area (Å²) in [7, 11) is 0. The molecule has 1 heteroatoms. The molecule has 0 saturated carbocycles. The van der Waals surface area contributed by atoms with Crippen molar-refractivity contribution in [2.24, 2.45) is 5.92 Å². The summed E-state index contributed by atoms with van der Waals surface area (Å²) in [6.45, 7) is 7.58. The van der Waals surface area contributed by atoms with Crippen LogP contribution in [-0.4, -0.2) is 12.7 Å². The summed E-state index contributed by atoms with van der Waals surface area (Å²) < 4.78 is 5.58. The maximum atomic E-state index is 5.58. The van der Waals surface area contributed by atoms with Crippen LogP contribution in [0.5, 0.6) is 0 Å². The number of ether oxygens (including phenoxy) is 1. The van der Waals surface area contributed by atoms with Crippen LogP contribution in [0.15, 0.2) is 11.6 Å². The molecule has 11 heavy (non-hydrogen) atoms. The first-order valence-corrected chi connectivity index (χ1v) is 4.47. The van der Waals surface area contributed by atoms with Crippen molar-refractivity contribution in [3.63, 3.8) is 0 Å². The second-order valence-corrected chi connectivity index (χ2v) is 3.80. The summed E-state index contributed by atoms with van der Waals surface area (Å²) in [5.41, 5.74) is 1.49. The normalized spacial score (nSPS) is 25.5. The van der Waals surface area contributed by atoms with E-state index in [9.17, 15) is 0 Å². The molecule has 0 N–H and O–H groups in total. The van der Waals surface area contributed by atoms with Crippen molar-refractivity contribution in [3.05, 3.63) is 11.6 Å². The average molecular weight is 154 g/mol. The van der Waals surface area contributed by atoms with Crippen molar-refractivity contribution in [3.8, 4) is 0 Å². The summed E-state index contributed by atoms with van der Waals surface area (Å²) in [6, 6.07) is 0. The molecule has 0 bridgehead atoms. The Balaban J connectivity index is 2.39. The predicted molar refractivity (Wildman–Crippen MR) is 47.6 cm³/mol. The molecule has 0 radical (unpaired) electrons. The van der Waals surface area contributed by atoms with E-state index in [4.69, 9.17) is 4.74 Å². The first-order valence-electron chi connectivity index (χ1n) is 4.47. The summed E-state index contributed by atoms with van der Waals surface area (Å²) in [6.07, 6.45) is 4.94. The van der Waals surface area contributed by atoms with Gasteiger partial charge in [-0.1, -0.05) is 25.5 Å². The third-order valence-electron chi connectivity index (χ3n) is 2.00. The lowest BCUT2D eigenvalue weighted by Crippen LogP contribution is -2.18. The molecular weight excluding hydrogens is 136 g/mol. The van der Waals surface area contributed by atoms with Gasteiger partial charge in [0.25, 0.3) is 0 Å². The molecule has 0 aromatic rings. The number of hydrogen-bond donors (Lipinski definition) is 0. The fourth-order valence-electron chi connectivity index (χ4n) is 1.42. The Bertz CT molecular complexity index is 147. The van der Waals surface area contributed by atoms with Crippen LogP contribution in [-0.2, 0) is 4.74 Å². The monoisotopic (exact) mass is 154 g/mol. The highest BCUT2D eigenvalue weighted by molar-refractivity contribution is 5.05. The number of rotatable bonds is 2. The molecule has 1 rings (SSSR count). The van der Waals surface area contributed by atoms with Crippen LogP contribution in [0, 0.1) is 5.92 Å². The lowest BCUT2D eigenvalue weighted by molar-refractivity contribution is 0.0631. The molecule has 0 spiro atoms. The van der Waals surface area contributed by atoms with Crippen molar-refractivity contribution in [1.29, 1.82) is 0 Å². The minimum Gasteiger partial charge on any atom is -0.374 e. The van der Waals surface area contributed by atoms with Gasteiger partial charge in [0.15, 0.2) is 0 Å². The Labute approximate surface area is 69.4 Å². The van der Waals surface area contributed by atoms with E-state index in [1.807, 2.05) is 0 Å². The van der Waals surface area contributed by atoms with E-state index in [1.54, 1.807) is 0 Å². The highest BCUT2D eigenvalue weighted by atomic mass is 16.5. The van der Waals surface area contributed by atoms with E-state index in [-0.39, 0.29) is 0 Å². The largest absolute Gasteiger partial charge is 0.374 e. The first-order chi connectivity index (χ1) is 5.18. The Hall–Kier alpha value is -0.300. The van der Waals surface area contributed by atoms with Gasteiger partial charge in [0.2, 0.25) is 0 Å². The van der Waals surface area contributed by atoms with Gasteiger partial charge in [-0.3, -0.25) is 0 Å². The predicted octanol–water partition coefficient (Wildman–Crippen LogP) is 2.77. The van der Waals surface area contributed by atoms with E-state index in [1.165, 1.54) is 5.57 Å². The van der Waals surface area contributed by atoms with Gasteiger partial charge in [0, 0.05) is 0 Å². The van der Waals surface area contributed by atoms with Crippen LogP contribution in [0.25, 0.3) is 0 Å². The van der Waals surface area contributed by atoms with Gasteiger partial charge < -0.3 is 4.74 Å². The quantitative estimate of drug-likeness (QED) is 0.556. The van der Waals surface area contributed by atoms with E-state index in [2.05, 4.69) is 26.8 Å². The maximum Gasteiger partial charge on any atom is 0.0760 e. The van der Waals surface area contributed by atoms with Gasteiger partial charge in [0.05, 0.1) is 12.7 Å². The van der Waals surface area contributed by atoms with Gasteiger partial charge in [0.1, 0.15) is 0 Å². The van der Waals surface area contributed by atoms with E-state index in [0.29, 0.717) is 6.10 Å². The van der Waals surface area contributed by atoms with Crippen molar-refractivity contribution in [1.82, 2.24) is 0 Å². The zero-order valence-corrected chi connectivity index (χ0v) is 7.76. The Morgan fingerprint density at radius 2 is 2.36 bits per heavy atom. The van der Waals surface area contributed by atoms with Crippen LogP contribution in [0.2, 0.25) is 0 Å². The van der Waals surface area contributed by atoms with Crippen LogP contribution in [0.4, 0.5) is 0 Å². The molecule has 0 saturated heterocycles. The first kappa shape index (κ1) is 8.79. The van der Waals surface area contributed by atoms with Gasteiger partial charge in [-0.25, -0.2) is 0 Å². The van der Waals surface area contributed by atoms with Crippen LogP contribution in [0.3, 0.4) is 0 Å². The lowest BCUT2D eigenvalue weighted by Gasteiger charge is -2.21. The fourth-order valence-corrected chi connectivity index (χ4v) is 1.42. The highest BCUT2D eigenvalue weighted by Gasteiger charge is 2.12. The van der Waals surface area contributed by atoms with Crippen molar-refractivity contribution in [2.75, 3.05) is 6.61 Å². The van der Waals surface area contributed by atoms with Gasteiger partial charge >= 0.3 is 0 Å². The van der Waals surface area contributed by atoms with E-state index < -0.39 is 0 Å². The van der Waals surface area contributed by atoms with E-state index >= 15 is 0 Å². The molecule has 1 atom stereocenters. The zero-order valence-electron chi connectivity index (χ0n) is 7.76. The summed E-state index contributed by atoms with van der Waals surface area (Å²) in [4.78, 5) is 0. The molecule has 0 aromatic heterocycles. The highest BCUT2D eigenvalue weighted by Crippen LogP contribution is 2.17. The third kappa shape index (κ3) is 3.06. The maximum absolute atomic E-state index is 5.58. The number of hydrogen-bond acceptors (Lipinski definition) is 1. The Morgan fingerprint density at radius 1 is 1.64 bits per heavy atom. The smallest absolute Gasteiger partial charge is 0.0760 e. The third-order valence-corrected chi connectivity index (χ3v) is 2.00. The molecule has 0 amide bonds. The topological polar surface area (TPSA) is 9.23 Å². The molecule has 1 aliphatic rings. The molecule has 64 valence electrons.